The van der Waals surface area contributed by atoms with E-state index in [1.807, 2.05) is 19.2 Å². The number of fused-ring (bicyclic) bond motifs is 1. The van der Waals surface area contributed by atoms with Crippen molar-refractivity contribution in [2.24, 2.45) is 5.92 Å². The quantitative estimate of drug-likeness (QED) is 0.727. The number of hydrogen-bond acceptors (Lipinski definition) is 6. The van der Waals surface area contributed by atoms with Crippen molar-refractivity contribution in [1.82, 2.24) is 25.3 Å². The highest BCUT2D eigenvalue weighted by atomic mass is 32.1. The highest BCUT2D eigenvalue weighted by Crippen LogP contribution is 2.16. The molecule has 2 heterocycles. The third-order valence-corrected chi connectivity index (χ3v) is 4.72. The van der Waals surface area contributed by atoms with Gasteiger partial charge in [-0.15, -0.1) is 16.4 Å². The van der Waals surface area contributed by atoms with E-state index in [1.54, 1.807) is 41.8 Å². The number of amides is 1. The van der Waals surface area contributed by atoms with Gasteiger partial charge in [0.15, 0.2) is 0 Å². The number of benzene rings is 1. The molecule has 7 nitrogen and oxygen atoms in total. The van der Waals surface area contributed by atoms with E-state index < -0.39 is 6.04 Å². The molecule has 8 heteroatoms. The lowest BCUT2D eigenvalue weighted by molar-refractivity contribution is -0.126. The van der Waals surface area contributed by atoms with E-state index in [0.717, 1.165) is 5.01 Å². The van der Waals surface area contributed by atoms with Crippen LogP contribution in [-0.2, 0) is 11.2 Å². The minimum atomic E-state index is -0.707. The van der Waals surface area contributed by atoms with E-state index in [9.17, 15) is 9.59 Å². The van der Waals surface area contributed by atoms with Gasteiger partial charge in [0, 0.05) is 24.5 Å². The Morgan fingerprint density at radius 3 is 2.84 bits per heavy atom. The number of aromatic nitrogens is 4. The Labute approximate surface area is 148 Å². The van der Waals surface area contributed by atoms with E-state index in [4.69, 9.17) is 0 Å². The molecule has 0 aliphatic carbocycles. The van der Waals surface area contributed by atoms with E-state index in [1.165, 1.54) is 4.68 Å². The van der Waals surface area contributed by atoms with Crippen molar-refractivity contribution in [3.05, 3.63) is 51.2 Å². The maximum atomic E-state index is 12.7. The van der Waals surface area contributed by atoms with Gasteiger partial charge in [0.2, 0.25) is 5.91 Å². The zero-order chi connectivity index (χ0) is 17.8. The molecule has 1 atom stereocenters. The molecule has 3 aromatic rings. The van der Waals surface area contributed by atoms with Crippen molar-refractivity contribution in [2.75, 3.05) is 6.54 Å². The van der Waals surface area contributed by atoms with Crippen molar-refractivity contribution in [3.8, 4) is 0 Å². The normalized spacial score (nSPS) is 12.4. The van der Waals surface area contributed by atoms with Crippen LogP contribution in [0.4, 0.5) is 0 Å². The summed E-state index contributed by atoms with van der Waals surface area (Å²) >= 11 is 1.55. The summed E-state index contributed by atoms with van der Waals surface area (Å²) in [6.07, 6.45) is 2.40. The average Bonchev–Trinajstić information content (AvgIpc) is 3.10. The van der Waals surface area contributed by atoms with E-state index in [2.05, 4.69) is 20.6 Å². The molecule has 3 rings (SSSR count). The number of carbonyl (C=O) groups is 1. The molecule has 0 radical (unpaired) electrons. The van der Waals surface area contributed by atoms with E-state index >= 15 is 0 Å². The Morgan fingerprint density at radius 1 is 1.32 bits per heavy atom. The first kappa shape index (κ1) is 17.2. The molecule has 0 spiro atoms. The molecule has 1 N–H and O–H groups in total. The molecule has 0 fully saturated rings. The topological polar surface area (TPSA) is 89.8 Å². The van der Waals surface area contributed by atoms with Gasteiger partial charge in [-0.2, -0.15) is 4.68 Å². The van der Waals surface area contributed by atoms with Crippen LogP contribution in [0.15, 0.2) is 40.6 Å². The van der Waals surface area contributed by atoms with Crippen molar-refractivity contribution >= 4 is 28.1 Å². The molecule has 0 saturated carbocycles. The van der Waals surface area contributed by atoms with Crippen LogP contribution in [0.5, 0.6) is 0 Å². The summed E-state index contributed by atoms with van der Waals surface area (Å²) in [6.45, 7) is 4.23. The van der Waals surface area contributed by atoms with Gasteiger partial charge >= 0.3 is 0 Å². The van der Waals surface area contributed by atoms with Crippen LogP contribution in [0.2, 0.25) is 0 Å². The summed E-state index contributed by atoms with van der Waals surface area (Å²) in [5.41, 5.74) is 0.217. The number of thiazole rings is 1. The molecule has 0 aliphatic rings. The highest BCUT2D eigenvalue weighted by molar-refractivity contribution is 7.09. The maximum Gasteiger partial charge on any atom is 0.278 e. The largest absolute Gasteiger partial charge is 0.354 e. The summed E-state index contributed by atoms with van der Waals surface area (Å²) < 4.78 is 1.19. The van der Waals surface area contributed by atoms with Gasteiger partial charge in [0.05, 0.1) is 10.4 Å². The summed E-state index contributed by atoms with van der Waals surface area (Å²) in [7, 11) is 0. The van der Waals surface area contributed by atoms with Gasteiger partial charge < -0.3 is 5.32 Å². The predicted molar refractivity (Wildman–Crippen MR) is 96.5 cm³/mol. The molecular formula is C17H19N5O2S. The van der Waals surface area contributed by atoms with E-state index in [0.29, 0.717) is 23.9 Å². The number of carbonyl (C=O) groups excluding carboxylic acids is 1. The SMILES string of the molecule is CC(C)[C@H](C(=O)NCCc1nccs1)n1nnc2ccccc2c1=O. The first-order valence-electron chi connectivity index (χ1n) is 8.08. The van der Waals surface area contributed by atoms with Crippen molar-refractivity contribution < 1.29 is 4.79 Å². The zero-order valence-corrected chi connectivity index (χ0v) is 14.9. The van der Waals surface area contributed by atoms with Gasteiger partial charge in [-0.05, 0) is 18.1 Å². The lowest BCUT2D eigenvalue weighted by atomic mass is 10.0. The lowest BCUT2D eigenvalue weighted by Gasteiger charge is -2.21. The highest BCUT2D eigenvalue weighted by Gasteiger charge is 2.27. The Bertz CT molecular complexity index is 920. The molecule has 0 saturated heterocycles. The Balaban J connectivity index is 1.82. The smallest absolute Gasteiger partial charge is 0.278 e. The average molecular weight is 357 g/mol. The van der Waals surface area contributed by atoms with Crippen LogP contribution < -0.4 is 10.9 Å². The zero-order valence-electron chi connectivity index (χ0n) is 14.0. The van der Waals surface area contributed by atoms with Crippen LogP contribution in [0.25, 0.3) is 10.9 Å². The summed E-state index contributed by atoms with van der Waals surface area (Å²) in [5.74, 6) is -0.341. The first-order valence-corrected chi connectivity index (χ1v) is 8.96. The van der Waals surface area contributed by atoms with Crippen LogP contribution in [0.3, 0.4) is 0 Å². The third-order valence-electron chi connectivity index (χ3n) is 3.88. The maximum absolute atomic E-state index is 12.7. The molecule has 0 bridgehead atoms. The van der Waals surface area contributed by atoms with Gasteiger partial charge in [0.25, 0.3) is 5.56 Å². The molecule has 130 valence electrons. The van der Waals surface area contributed by atoms with Crippen LogP contribution in [0.1, 0.15) is 24.9 Å². The first-order chi connectivity index (χ1) is 12.1. The van der Waals surface area contributed by atoms with E-state index in [-0.39, 0.29) is 17.4 Å². The van der Waals surface area contributed by atoms with Crippen LogP contribution in [0, 0.1) is 5.92 Å². The fourth-order valence-corrected chi connectivity index (χ4v) is 3.27. The molecular weight excluding hydrogens is 338 g/mol. The van der Waals surface area contributed by atoms with Crippen LogP contribution >= 0.6 is 11.3 Å². The molecule has 2 aromatic heterocycles. The minimum Gasteiger partial charge on any atom is -0.354 e. The fourth-order valence-electron chi connectivity index (χ4n) is 2.65. The van der Waals surface area contributed by atoms with Gasteiger partial charge in [-0.25, -0.2) is 4.98 Å². The van der Waals surface area contributed by atoms with Gasteiger partial charge in [-0.1, -0.05) is 31.2 Å². The van der Waals surface area contributed by atoms with Crippen molar-refractivity contribution in [2.45, 2.75) is 26.3 Å². The molecule has 25 heavy (non-hydrogen) atoms. The van der Waals surface area contributed by atoms with Gasteiger partial charge in [-0.3, -0.25) is 9.59 Å². The minimum absolute atomic E-state index is 0.104. The molecule has 1 amide bonds. The molecule has 1 aromatic carbocycles. The number of hydrogen-bond donors (Lipinski definition) is 1. The summed E-state index contributed by atoms with van der Waals surface area (Å²) in [6, 6.07) is 6.29. The summed E-state index contributed by atoms with van der Waals surface area (Å²) in [5, 5.41) is 14.3. The van der Waals surface area contributed by atoms with Crippen molar-refractivity contribution in [3.63, 3.8) is 0 Å². The van der Waals surface area contributed by atoms with Gasteiger partial charge in [0.1, 0.15) is 11.6 Å². The van der Waals surface area contributed by atoms with Crippen LogP contribution in [-0.4, -0.2) is 32.4 Å². The fraction of sp³-hybridized carbons (Fsp3) is 0.353. The Morgan fingerprint density at radius 2 is 2.12 bits per heavy atom. The number of nitrogens with zero attached hydrogens (tertiary/aromatic N) is 4. The molecule has 0 unspecified atom stereocenters. The number of rotatable bonds is 6. The number of nitrogens with one attached hydrogen (secondary N) is 1. The monoisotopic (exact) mass is 357 g/mol. The predicted octanol–water partition coefficient (Wildman–Crippen LogP) is 1.80. The van der Waals surface area contributed by atoms with Crippen molar-refractivity contribution in [1.29, 1.82) is 0 Å². The third kappa shape index (κ3) is 3.74. The molecule has 0 aliphatic heterocycles. The standard InChI is InChI=1S/C17H19N5O2S/c1-11(2)15(16(23)19-8-7-14-18-9-10-25-14)22-17(24)12-5-3-4-6-13(12)20-21-22/h3-6,9-11,15H,7-8H2,1-2H3,(H,19,23)/t15-/m1/s1. The second kappa shape index (κ2) is 7.52. The lowest BCUT2D eigenvalue weighted by Crippen LogP contribution is -2.42. The summed E-state index contributed by atoms with van der Waals surface area (Å²) in [4.78, 5) is 29.5. The Hall–Kier alpha value is -2.61. The second-order valence-electron chi connectivity index (χ2n) is 6.01. The second-order valence-corrected chi connectivity index (χ2v) is 6.99. The Kier molecular flexibility index (Phi) is 5.18.